The van der Waals surface area contributed by atoms with Gasteiger partial charge in [-0.1, -0.05) is 6.07 Å². The van der Waals surface area contributed by atoms with E-state index in [2.05, 4.69) is 4.98 Å². The van der Waals surface area contributed by atoms with E-state index in [1.54, 1.807) is 24.4 Å². The molecule has 0 saturated carbocycles. The summed E-state index contributed by atoms with van der Waals surface area (Å²) >= 11 is 1.27. The topological polar surface area (TPSA) is 38.9 Å². The van der Waals surface area contributed by atoms with Crippen molar-refractivity contribution in [1.29, 1.82) is 0 Å². The Morgan fingerprint density at radius 2 is 1.90 bits per heavy atom. The van der Waals surface area contributed by atoms with Gasteiger partial charge in [0.05, 0.1) is 16.1 Å². The number of nitrogen functional groups attached to an aromatic ring is 1. The molecule has 102 valence electrons. The Labute approximate surface area is 116 Å². The van der Waals surface area contributed by atoms with Crippen LogP contribution in [-0.4, -0.2) is 4.98 Å². The van der Waals surface area contributed by atoms with Crippen molar-refractivity contribution in [2.45, 2.75) is 6.18 Å². The van der Waals surface area contributed by atoms with Gasteiger partial charge in [-0.15, -0.1) is 11.3 Å². The van der Waals surface area contributed by atoms with Crippen molar-refractivity contribution in [3.05, 3.63) is 48.2 Å². The van der Waals surface area contributed by atoms with Crippen molar-refractivity contribution >= 4 is 27.1 Å². The molecule has 0 atom stereocenters. The zero-order valence-electron chi connectivity index (χ0n) is 10.1. The van der Waals surface area contributed by atoms with Crippen LogP contribution in [0.2, 0.25) is 0 Å². The van der Waals surface area contributed by atoms with E-state index in [1.165, 1.54) is 23.5 Å². The molecule has 2 aromatic heterocycles. The molecule has 0 aliphatic heterocycles. The van der Waals surface area contributed by atoms with E-state index in [1.807, 2.05) is 0 Å². The van der Waals surface area contributed by atoms with Gasteiger partial charge in [-0.3, -0.25) is 4.98 Å². The minimum atomic E-state index is -4.36. The highest BCUT2D eigenvalue weighted by atomic mass is 32.1. The van der Waals surface area contributed by atoms with Gasteiger partial charge in [-0.2, -0.15) is 13.2 Å². The number of nitrogens with zero attached hydrogens (tertiary/aromatic N) is 1. The minimum Gasteiger partial charge on any atom is -0.399 e. The van der Waals surface area contributed by atoms with Crippen LogP contribution in [0.3, 0.4) is 0 Å². The molecule has 20 heavy (non-hydrogen) atoms. The number of benzene rings is 1. The smallest absolute Gasteiger partial charge is 0.399 e. The lowest BCUT2D eigenvalue weighted by atomic mass is 10.1. The summed E-state index contributed by atoms with van der Waals surface area (Å²) in [5.41, 5.74) is 6.16. The molecule has 0 spiro atoms. The van der Waals surface area contributed by atoms with Crippen LogP contribution in [0.15, 0.2) is 42.6 Å². The Bertz CT molecular complexity index is 777. The Kier molecular flexibility index (Phi) is 2.90. The van der Waals surface area contributed by atoms with E-state index in [4.69, 9.17) is 5.73 Å². The second-order valence-electron chi connectivity index (χ2n) is 4.30. The first-order valence-electron chi connectivity index (χ1n) is 5.77. The number of halogens is 3. The fourth-order valence-electron chi connectivity index (χ4n) is 2.02. The van der Waals surface area contributed by atoms with Crippen LogP contribution in [0.5, 0.6) is 0 Å². The number of rotatable bonds is 1. The van der Waals surface area contributed by atoms with Crippen molar-refractivity contribution < 1.29 is 13.2 Å². The van der Waals surface area contributed by atoms with Gasteiger partial charge >= 0.3 is 6.18 Å². The second-order valence-corrected chi connectivity index (χ2v) is 5.38. The van der Waals surface area contributed by atoms with Crippen molar-refractivity contribution in [3.8, 4) is 10.6 Å². The first kappa shape index (κ1) is 12.9. The molecule has 3 aromatic rings. The Hall–Kier alpha value is -2.08. The van der Waals surface area contributed by atoms with Crippen molar-refractivity contribution in [3.63, 3.8) is 0 Å². The van der Waals surface area contributed by atoms with E-state index in [0.717, 1.165) is 6.07 Å². The van der Waals surface area contributed by atoms with E-state index in [-0.39, 0.29) is 5.39 Å². The third kappa shape index (κ3) is 2.22. The molecule has 0 aliphatic rings. The lowest BCUT2D eigenvalue weighted by Gasteiger charge is -2.06. The molecule has 6 heteroatoms. The van der Waals surface area contributed by atoms with Crippen LogP contribution in [0, 0.1) is 0 Å². The largest absolute Gasteiger partial charge is 0.417 e. The lowest BCUT2D eigenvalue weighted by molar-refractivity contribution is -0.136. The fourth-order valence-corrected chi connectivity index (χ4v) is 3.07. The van der Waals surface area contributed by atoms with Gasteiger partial charge in [-0.25, -0.2) is 0 Å². The molecule has 0 amide bonds. The molecule has 2 heterocycles. The van der Waals surface area contributed by atoms with E-state index in [9.17, 15) is 13.2 Å². The molecular weight excluding hydrogens is 285 g/mol. The lowest BCUT2D eigenvalue weighted by Crippen LogP contribution is -2.04. The summed E-state index contributed by atoms with van der Waals surface area (Å²) in [6.07, 6.45) is -2.82. The molecule has 0 unspecified atom stereocenters. The predicted molar refractivity (Wildman–Crippen MR) is 74.5 cm³/mol. The quantitative estimate of drug-likeness (QED) is 0.714. The van der Waals surface area contributed by atoms with Gasteiger partial charge in [0, 0.05) is 22.0 Å². The first-order chi connectivity index (χ1) is 9.45. The molecule has 0 aliphatic carbocycles. The van der Waals surface area contributed by atoms with Gasteiger partial charge in [-0.05, 0) is 30.3 Å². The Balaban J connectivity index is 2.21. The van der Waals surface area contributed by atoms with Crippen LogP contribution in [0.1, 0.15) is 5.56 Å². The maximum absolute atomic E-state index is 13.0. The zero-order valence-corrected chi connectivity index (χ0v) is 10.9. The number of nitrogens with two attached hydrogens (primary N) is 1. The normalized spacial score (nSPS) is 11.9. The highest BCUT2D eigenvalue weighted by Crippen LogP contribution is 2.40. The summed E-state index contributed by atoms with van der Waals surface area (Å²) in [5, 5.41) is 0.198. The van der Waals surface area contributed by atoms with Crippen LogP contribution in [0.4, 0.5) is 18.9 Å². The highest BCUT2D eigenvalue weighted by Gasteiger charge is 2.32. The number of hydrogen-bond donors (Lipinski definition) is 1. The van der Waals surface area contributed by atoms with Crippen molar-refractivity contribution in [1.82, 2.24) is 4.98 Å². The van der Waals surface area contributed by atoms with Crippen LogP contribution in [-0.2, 0) is 6.18 Å². The van der Waals surface area contributed by atoms with Gasteiger partial charge in [0.15, 0.2) is 0 Å². The van der Waals surface area contributed by atoms with Gasteiger partial charge in [0.25, 0.3) is 0 Å². The molecule has 2 nitrogen and oxygen atoms in total. The number of fused-ring (bicyclic) bond motifs is 1. The minimum absolute atomic E-state index is 0.198. The van der Waals surface area contributed by atoms with E-state index < -0.39 is 11.7 Å². The standard InChI is InChI=1S/C14H9F3N2S/c15-14(16,17)10-2-1-3-12-9(10)7-13(20-12)11-6-8(18)4-5-19-11/h1-7H,(H2,18,19). The fraction of sp³-hybridized carbons (Fsp3) is 0.0714. The number of hydrogen-bond acceptors (Lipinski definition) is 3. The van der Waals surface area contributed by atoms with Gasteiger partial charge in [0.1, 0.15) is 0 Å². The second kappa shape index (κ2) is 4.49. The summed E-state index contributed by atoms with van der Waals surface area (Å²) in [7, 11) is 0. The van der Waals surface area contributed by atoms with Gasteiger partial charge in [0.2, 0.25) is 0 Å². The van der Waals surface area contributed by atoms with Crippen molar-refractivity contribution in [2.24, 2.45) is 0 Å². The molecule has 0 bridgehead atoms. The third-order valence-corrected chi connectivity index (χ3v) is 4.03. The molecule has 0 saturated heterocycles. The predicted octanol–water partition coefficient (Wildman–Crippen LogP) is 4.56. The number of thiophene rings is 1. The maximum atomic E-state index is 13.0. The Morgan fingerprint density at radius 3 is 2.60 bits per heavy atom. The molecule has 0 fully saturated rings. The Morgan fingerprint density at radius 1 is 1.10 bits per heavy atom. The summed E-state index contributed by atoms with van der Waals surface area (Å²) in [5.74, 6) is 0. The van der Waals surface area contributed by atoms with E-state index in [0.29, 0.717) is 21.0 Å². The zero-order chi connectivity index (χ0) is 14.3. The average molecular weight is 294 g/mol. The molecule has 2 N–H and O–H groups in total. The van der Waals surface area contributed by atoms with Crippen LogP contribution < -0.4 is 5.73 Å². The molecule has 0 radical (unpaired) electrons. The summed E-state index contributed by atoms with van der Waals surface area (Å²) < 4.78 is 39.5. The van der Waals surface area contributed by atoms with Crippen LogP contribution in [0.25, 0.3) is 20.7 Å². The SMILES string of the molecule is Nc1ccnc(-c2cc3c(C(F)(F)F)cccc3s2)c1. The maximum Gasteiger partial charge on any atom is 0.417 e. The number of alkyl halides is 3. The van der Waals surface area contributed by atoms with Gasteiger partial charge < -0.3 is 5.73 Å². The highest BCUT2D eigenvalue weighted by molar-refractivity contribution is 7.22. The molecule has 1 aromatic carbocycles. The number of aromatic nitrogens is 1. The molecule has 3 rings (SSSR count). The average Bonchev–Trinajstić information content (AvgIpc) is 2.81. The number of anilines is 1. The van der Waals surface area contributed by atoms with Crippen molar-refractivity contribution in [2.75, 3.05) is 5.73 Å². The summed E-state index contributed by atoms with van der Waals surface area (Å²) in [6, 6.07) is 8.98. The molecular formula is C14H9F3N2S. The summed E-state index contributed by atoms with van der Waals surface area (Å²) in [4.78, 5) is 4.82. The van der Waals surface area contributed by atoms with Crippen LogP contribution >= 0.6 is 11.3 Å². The third-order valence-electron chi connectivity index (χ3n) is 2.90. The summed E-state index contributed by atoms with van der Waals surface area (Å²) in [6.45, 7) is 0. The van der Waals surface area contributed by atoms with E-state index >= 15 is 0 Å². The monoisotopic (exact) mass is 294 g/mol. The first-order valence-corrected chi connectivity index (χ1v) is 6.58. The number of pyridine rings is 1.